The average Bonchev–Trinajstić information content (AvgIpc) is 3.83. The van der Waals surface area contributed by atoms with Crippen molar-refractivity contribution >= 4 is 43.5 Å². The molecule has 2 heterocycles. The maximum absolute atomic E-state index is 6.67. The van der Waals surface area contributed by atoms with Crippen LogP contribution < -0.4 is 0 Å². The summed E-state index contributed by atoms with van der Waals surface area (Å²) < 4.78 is 6.67. The zero-order valence-corrected chi connectivity index (χ0v) is 30.8. The lowest BCUT2D eigenvalue weighted by atomic mass is 9.92. The maximum Gasteiger partial charge on any atom is 0.160 e. The van der Waals surface area contributed by atoms with Crippen LogP contribution in [0.15, 0.2) is 199 Å². The van der Waals surface area contributed by atoms with Crippen molar-refractivity contribution in [1.29, 1.82) is 0 Å². The molecule has 0 bridgehead atoms. The summed E-state index contributed by atoms with van der Waals surface area (Å²) in [7, 11) is 0. The first-order chi connectivity index (χ1) is 28.2. The second-order valence-electron chi connectivity index (χ2n) is 14.9. The van der Waals surface area contributed by atoms with E-state index in [9.17, 15) is 0 Å². The molecule has 9 aromatic carbocycles. The Hall–Kier alpha value is -7.62. The number of furan rings is 1. The van der Waals surface area contributed by atoms with Crippen molar-refractivity contribution in [3.63, 3.8) is 0 Å². The summed E-state index contributed by atoms with van der Waals surface area (Å²) >= 11 is 0. The molecule has 11 aromatic rings. The first-order valence-electron chi connectivity index (χ1n) is 19.4. The summed E-state index contributed by atoms with van der Waals surface area (Å²) in [4.78, 5) is 10.4. The van der Waals surface area contributed by atoms with E-state index < -0.39 is 0 Å². The third-order valence-corrected chi connectivity index (χ3v) is 11.6. The van der Waals surface area contributed by atoms with Crippen LogP contribution in [-0.2, 0) is 0 Å². The molecule has 0 N–H and O–H groups in total. The lowest BCUT2D eigenvalue weighted by Gasteiger charge is -2.14. The van der Waals surface area contributed by atoms with Gasteiger partial charge in [0.1, 0.15) is 11.2 Å². The fourth-order valence-corrected chi connectivity index (χ4v) is 8.98. The van der Waals surface area contributed by atoms with E-state index in [4.69, 9.17) is 14.4 Å². The Kier molecular flexibility index (Phi) is 6.93. The van der Waals surface area contributed by atoms with Gasteiger partial charge in [-0.3, -0.25) is 0 Å². The molecule has 1 aliphatic rings. The van der Waals surface area contributed by atoms with Gasteiger partial charge in [0.25, 0.3) is 0 Å². The normalized spacial score (nSPS) is 11.9. The Morgan fingerprint density at radius 1 is 0.298 bits per heavy atom. The Morgan fingerprint density at radius 3 is 1.74 bits per heavy atom. The molecular weight excluding hydrogens is 693 g/mol. The Balaban J connectivity index is 1.02. The van der Waals surface area contributed by atoms with Crippen molar-refractivity contribution in [3.8, 4) is 78.4 Å². The highest BCUT2D eigenvalue weighted by Gasteiger charge is 2.25. The molecule has 3 heteroatoms. The van der Waals surface area contributed by atoms with Gasteiger partial charge in [-0.15, -0.1) is 0 Å². The summed E-state index contributed by atoms with van der Waals surface area (Å²) in [5.41, 5.74) is 16.4. The number of nitrogens with zero attached hydrogens (tertiary/aromatic N) is 2. The predicted octanol–water partition coefficient (Wildman–Crippen LogP) is 14.7. The van der Waals surface area contributed by atoms with Gasteiger partial charge in [-0.25, -0.2) is 9.97 Å². The van der Waals surface area contributed by atoms with Gasteiger partial charge in [-0.2, -0.15) is 0 Å². The van der Waals surface area contributed by atoms with Crippen LogP contribution in [0.2, 0.25) is 0 Å². The van der Waals surface area contributed by atoms with E-state index in [1.807, 2.05) is 24.3 Å². The van der Waals surface area contributed by atoms with Gasteiger partial charge >= 0.3 is 0 Å². The zero-order valence-electron chi connectivity index (χ0n) is 30.8. The molecule has 0 saturated heterocycles. The molecule has 12 rings (SSSR count). The quantitative estimate of drug-likeness (QED) is 0.177. The van der Waals surface area contributed by atoms with Crippen LogP contribution in [0.3, 0.4) is 0 Å². The van der Waals surface area contributed by atoms with Crippen molar-refractivity contribution in [2.24, 2.45) is 0 Å². The van der Waals surface area contributed by atoms with Gasteiger partial charge in [0.05, 0.1) is 11.4 Å². The number of rotatable bonds is 5. The first-order valence-corrected chi connectivity index (χ1v) is 19.4. The van der Waals surface area contributed by atoms with Crippen LogP contribution >= 0.6 is 0 Å². The van der Waals surface area contributed by atoms with Gasteiger partial charge in [-0.1, -0.05) is 164 Å². The van der Waals surface area contributed by atoms with E-state index in [2.05, 4.69) is 170 Å². The molecule has 0 spiro atoms. The summed E-state index contributed by atoms with van der Waals surface area (Å²) in [5, 5.41) is 7.00. The fraction of sp³-hybridized carbons (Fsp3) is 0. The van der Waals surface area contributed by atoms with Crippen molar-refractivity contribution < 1.29 is 4.42 Å². The number of aromatic nitrogens is 2. The molecule has 0 aliphatic heterocycles. The standard InChI is InChI=1S/C54H32N2O/c1-3-13-33(14-4-1)35-17-11-18-37(29-35)49-32-50(56-54(55-49)34-15-5-2-6-16-34)43-27-26-38(39-19-7-8-20-40(39)43)36-25-28-51-46(30-36)48-31-47-42-22-10-9-21-41(42)44-23-12-24-45(52(44)47)53(48)57-51/h1-32H. The molecule has 0 fully saturated rings. The summed E-state index contributed by atoms with van der Waals surface area (Å²) in [6, 6.07) is 69.0. The topological polar surface area (TPSA) is 38.9 Å². The number of fused-ring (bicyclic) bond motifs is 8. The minimum absolute atomic E-state index is 0.698. The van der Waals surface area contributed by atoms with E-state index in [1.54, 1.807) is 0 Å². The van der Waals surface area contributed by atoms with E-state index in [1.165, 1.54) is 33.2 Å². The molecule has 2 aromatic heterocycles. The van der Waals surface area contributed by atoms with Gasteiger partial charge in [0, 0.05) is 38.2 Å². The number of hydrogen-bond acceptors (Lipinski definition) is 3. The Labute approximate surface area is 329 Å². The van der Waals surface area contributed by atoms with E-state index in [0.717, 1.165) is 82.9 Å². The van der Waals surface area contributed by atoms with E-state index in [-0.39, 0.29) is 0 Å². The van der Waals surface area contributed by atoms with Crippen molar-refractivity contribution in [2.75, 3.05) is 0 Å². The van der Waals surface area contributed by atoms with Gasteiger partial charge in [0.15, 0.2) is 5.82 Å². The Bertz CT molecular complexity index is 3400. The van der Waals surface area contributed by atoms with Crippen molar-refractivity contribution in [1.82, 2.24) is 9.97 Å². The SMILES string of the molecule is c1ccc(-c2cccc(-c3cc(-c4ccc(-c5ccc6oc7c8cccc9c8c(cc7c6c5)-c5ccccc5-9)c5ccccc45)nc(-c4ccccc4)n3)c2)cc1. The highest BCUT2D eigenvalue weighted by molar-refractivity contribution is 6.26. The first kappa shape index (κ1) is 31.7. The number of benzene rings is 9. The molecule has 0 radical (unpaired) electrons. The molecule has 0 atom stereocenters. The summed E-state index contributed by atoms with van der Waals surface area (Å²) in [6.07, 6.45) is 0. The minimum Gasteiger partial charge on any atom is -0.455 e. The van der Waals surface area contributed by atoms with E-state index in [0.29, 0.717) is 5.82 Å². The highest BCUT2D eigenvalue weighted by atomic mass is 16.3. The van der Waals surface area contributed by atoms with Crippen LogP contribution in [0.25, 0.3) is 122 Å². The van der Waals surface area contributed by atoms with Crippen molar-refractivity contribution in [2.45, 2.75) is 0 Å². The fourth-order valence-electron chi connectivity index (χ4n) is 8.98. The molecule has 264 valence electrons. The van der Waals surface area contributed by atoms with Crippen LogP contribution in [0.4, 0.5) is 0 Å². The molecule has 0 saturated carbocycles. The molecular formula is C54H32N2O. The average molecular weight is 725 g/mol. The molecule has 0 unspecified atom stereocenters. The highest BCUT2D eigenvalue weighted by Crippen LogP contribution is 2.51. The van der Waals surface area contributed by atoms with E-state index >= 15 is 0 Å². The predicted molar refractivity (Wildman–Crippen MR) is 236 cm³/mol. The van der Waals surface area contributed by atoms with Gasteiger partial charge < -0.3 is 4.42 Å². The number of hydrogen-bond donors (Lipinski definition) is 0. The third-order valence-electron chi connectivity index (χ3n) is 11.6. The molecule has 0 amide bonds. The van der Waals surface area contributed by atoms with Gasteiger partial charge in [-0.05, 0) is 85.6 Å². The van der Waals surface area contributed by atoms with Crippen LogP contribution in [0.1, 0.15) is 0 Å². The van der Waals surface area contributed by atoms with Crippen LogP contribution in [-0.4, -0.2) is 9.97 Å². The third kappa shape index (κ3) is 4.99. The zero-order chi connectivity index (χ0) is 37.5. The largest absolute Gasteiger partial charge is 0.455 e. The van der Waals surface area contributed by atoms with Crippen LogP contribution in [0.5, 0.6) is 0 Å². The smallest absolute Gasteiger partial charge is 0.160 e. The lowest BCUT2D eigenvalue weighted by Crippen LogP contribution is -1.97. The molecule has 1 aliphatic carbocycles. The van der Waals surface area contributed by atoms with Gasteiger partial charge in [0.2, 0.25) is 0 Å². The monoisotopic (exact) mass is 724 g/mol. The summed E-state index contributed by atoms with van der Waals surface area (Å²) in [5.74, 6) is 0.698. The second-order valence-corrected chi connectivity index (χ2v) is 14.9. The van der Waals surface area contributed by atoms with Crippen molar-refractivity contribution in [3.05, 3.63) is 194 Å². The lowest BCUT2D eigenvalue weighted by molar-refractivity contribution is 0.673. The molecule has 3 nitrogen and oxygen atoms in total. The minimum atomic E-state index is 0.698. The van der Waals surface area contributed by atoms with Crippen LogP contribution in [0, 0.1) is 0 Å². The Morgan fingerprint density at radius 2 is 0.912 bits per heavy atom. The second kappa shape index (κ2) is 12.5. The molecule has 57 heavy (non-hydrogen) atoms. The summed E-state index contributed by atoms with van der Waals surface area (Å²) in [6.45, 7) is 0. The maximum atomic E-state index is 6.67.